The normalized spacial score (nSPS) is 14.1. The van der Waals surface area contributed by atoms with Crippen molar-refractivity contribution >= 4 is 45.9 Å². The minimum atomic E-state index is -0.395. The largest absolute Gasteiger partial charge is 0.490 e. The number of anilines is 2. The number of carbonyl (C=O) groups is 1. The molecule has 2 aromatic carbocycles. The van der Waals surface area contributed by atoms with Crippen molar-refractivity contribution in [3.63, 3.8) is 0 Å². The smallest absolute Gasteiger partial charge is 0.276 e. The molecule has 0 spiro atoms. The van der Waals surface area contributed by atoms with Crippen LogP contribution in [0.2, 0.25) is 5.02 Å². The van der Waals surface area contributed by atoms with Gasteiger partial charge in [0.05, 0.1) is 23.1 Å². The van der Waals surface area contributed by atoms with Gasteiger partial charge < -0.3 is 25.3 Å². The van der Waals surface area contributed by atoms with Crippen LogP contribution in [0.1, 0.15) is 34.6 Å². The highest BCUT2D eigenvalue weighted by atomic mass is 35.5. The highest BCUT2D eigenvalue weighted by Crippen LogP contribution is 2.26. The van der Waals surface area contributed by atoms with Crippen molar-refractivity contribution in [3.05, 3.63) is 71.3 Å². The highest BCUT2D eigenvalue weighted by Gasteiger charge is 2.19. The van der Waals surface area contributed by atoms with Crippen LogP contribution in [0.5, 0.6) is 5.75 Å². The van der Waals surface area contributed by atoms with Gasteiger partial charge in [-0.2, -0.15) is 0 Å². The lowest BCUT2D eigenvalue weighted by molar-refractivity contribution is 0.102. The molecule has 9 nitrogen and oxygen atoms in total. The van der Waals surface area contributed by atoms with Crippen molar-refractivity contribution in [2.45, 2.75) is 25.9 Å². The Morgan fingerprint density at radius 2 is 2.00 bits per heavy atom. The summed E-state index contributed by atoms with van der Waals surface area (Å²) in [5, 5.41) is 9.92. The number of aromatic nitrogens is 4. The van der Waals surface area contributed by atoms with E-state index in [-0.39, 0.29) is 11.8 Å². The van der Waals surface area contributed by atoms with Crippen molar-refractivity contribution in [2.75, 3.05) is 23.7 Å². The van der Waals surface area contributed by atoms with E-state index < -0.39 is 5.91 Å². The molecule has 0 aliphatic carbocycles. The maximum atomic E-state index is 13.0. The molecule has 4 aromatic rings. The van der Waals surface area contributed by atoms with Gasteiger partial charge in [-0.1, -0.05) is 24.2 Å². The van der Waals surface area contributed by atoms with Crippen LogP contribution in [0.25, 0.3) is 16.7 Å². The predicted octanol–water partition coefficient (Wildman–Crippen LogP) is 4.71. The molecule has 0 bridgehead atoms. The molecule has 35 heavy (non-hydrogen) atoms. The van der Waals surface area contributed by atoms with E-state index in [1.807, 2.05) is 37.3 Å². The summed E-state index contributed by atoms with van der Waals surface area (Å²) in [6, 6.07) is 11.2. The predicted molar refractivity (Wildman–Crippen MR) is 138 cm³/mol. The van der Waals surface area contributed by atoms with Gasteiger partial charge in [0, 0.05) is 16.8 Å². The second kappa shape index (κ2) is 9.81. The van der Waals surface area contributed by atoms with Gasteiger partial charge in [-0.15, -0.1) is 0 Å². The quantitative estimate of drug-likeness (QED) is 0.255. The van der Waals surface area contributed by atoms with E-state index in [0.717, 1.165) is 54.0 Å². The number of nitrogens with zero attached hydrogens (tertiary/aromatic N) is 2. The Bertz CT molecular complexity index is 1390. The standard InChI is InChI=1S/C25H26ClN7O2/c1-14-3-4-16(26)11-20(14)30-15(2)22-23(29-13-28-22)24(34)33-25-31-19-6-5-18(12-21(19)32-25)35-17-7-9-27-10-8-17/h3-6,11-13,17,27,30H,2,7-10H2,1H3,(H,28,29)(H2,31,32,33,34). The summed E-state index contributed by atoms with van der Waals surface area (Å²) in [5.41, 5.74) is 4.41. The van der Waals surface area contributed by atoms with E-state index in [9.17, 15) is 4.79 Å². The molecule has 10 heteroatoms. The molecule has 1 amide bonds. The van der Waals surface area contributed by atoms with Crippen molar-refractivity contribution in [3.8, 4) is 5.75 Å². The molecule has 1 saturated heterocycles. The van der Waals surface area contributed by atoms with Gasteiger partial charge in [0.1, 0.15) is 23.2 Å². The zero-order valence-corrected chi connectivity index (χ0v) is 20.0. The van der Waals surface area contributed by atoms with Crippen molar-refractivity contribution in [2.24, 2.45) is 0 Å². The first-order valence-electron chi connectivity index (χ1n) is 11.4. The summed E-state index contributed by atoms with van der Waals surface area (Å²) in [4.78, 5) is 27.8. The SMILES string of the molecule is C=C(Nc1cc(Cl)ccc1C)c1nc[nH]c1C(=O)Nc1nc2ccc(OC3CCNCC3)cc2[nH]1. The third-order valence-electron chi connectivity index (χ3n) is 5.91. The zero-order valence-electron chi connectivity index (χ0n) is 19.2. The number of carbonyl (C=O) groups excluding carboxylic acids is 1. The fourth-order valence-electron chi connectivity index (χ4n) is 4.04. The first-order valence-corrected chi connectivity index (χ1v) is 11.8. The number of imidazole rings is 2. The number of piperidine rings is 1. The topological polar surface area (TPSA) is 120 Å². The number of H-pyrrole nitrogens is 2. The van der Waals surface area contributed by atoms with Crippen molar-refractivity contribution < 1.29 is 9.53 Å². The van der Waals surface area contributed by atoms with E-state index in [1.165, 1.54) is 6.33 Å². The van der Waals surface area contributed by atoms with Crippen LogP contribution < -0.4 is 20.7 Å². The summed E-state index contributed by atoms with van der Waals surface area (Å²) in [6.45, 7) is 7.92. The minimum Gasteiger partial charge on any atom is -0.490 e. The molecule has 2 aromatic heterocycles. The zero-order chi connectivity index (χ0) is 24.4. The van der Waals surface area contributed by atoms with E-state index in [4.69, 9.17) is 16.3 Å². The number of hydrogen-bond donors (Lipinski definition) is 5. The summed E-state index contributed by atoms with van der Waals surface area (Å²) in [7, 11) is 0. The van der Waals surface area contributed by atoms with Crippen LogP contribution in [0.4, 0.5) is 11.6 Å². The van der Waals surface area contributed by atoms with E-state index in [1.54, 1.807) is 6.07 Å². The Hall–Kier alpha value is -3.82. The number of nitrogens with one attached hydrogen (secondary N) is 5. The minimum absolute atomic E-state index is 0.201. The van der Waals surface area contributed by atoms with Crippen LogP contribution in [0.15, 0.2) is 49.3 Å². The van der Waals surface area contributed by atoms with Crippen LogP contribution in [0, 0.1) is 6.92 Å². The summed E-state index contributed by atoms with van der Waals surface area (Å²) < 4.78 is 6.11. The number of amides is 1. The van der Waals surface area contributed by atoms with E-state index in [0.29, 0.717) is 22.4 Å². The molecule has 1 aliphatic rings. The fraction of sp³-hybridized carbons (Fsp3) is 0.240. The molecule has 5 N–H and O–H groups in total. The Balaban J connectivity index is 1.29. The van der Waals surface area contributed by atoms with Crippen LogP contribution in [-0.2, 0) is 0 Å². The molecular weight excluding hydrogens is 466 g/mol. The molecule has 0 unspecified atom stereocenters. The van der Waals surface area contributed by atoms with Crippen LogP contribution >= 0.6 is 11.6 Å². The second-order valence-corrected chi connectivity index (χ2v) is 8.91. The maximum absolute atomic E-state index is 13.0. The summed E-state index contributed by atoms with van der Waals surface area (Å²) in [6.07, 6.45) is 3.61. The molecular formula is C25H26ClN7O2. The number of hydrogen-bond acceptors (Lipinski definition) is 6. The average molecular weight is 492 g/mol. The Morgan fingerprint density at radius 1 is 1.17 bits per heavy atom. The molecule has 0 radical (unpaired) electrons. The number of fused-ring (bicyclic) bond motifs is 1. The third kappa shape index (κ3) is 5.16. The van der Waals surface area contributed by atoms with E-state index >= 15 is 0 Å². The number of benzene rings is 2. The van der Waals surface area contributed by atoms with Crippen molar-refractivity contribution in [1.82, 2.24) is 25.3 Å². The molecule has 5 rings (SSSR count). The monoisotopic (exact) mass is 491 g/mol. The van der Waals surface area contributed by atoms with Gasteiger partial charge in [0.2, 0.25) is 5.95 Å². The number of aromatic amines is 2. The average Bonchev–Trinajstić information content (AvgIpc) is 3.49. The van der Waals surface area contributed by atoms with Gasteiger partial charge in [0.15, 0.2) is 0 Å². The number of aryl methyl sites for hydroxylation is 1. The van der Waals surface area contributed by atoms with Crippen molar-refractivity contribution in [1.29, 1.82) is 0 Å². The molecule has 0 atom stereocenters. The number of ether oxygens (including phenoxy) is 1. The van der Waals surface area contributed by atoms with Gasteiger partial charge >= 0.3 is 0 Å². The molecule has 1 aliphatic heterocycles. The molecule has 1 fully saturated rings. The summed E-state index contributed by atoms with van der Waals surface area (Å²) in [5.74, 6) is 0.711. The van der Waals surface area contributed by atoms with Gasteiger partial charge in [0.25, 0.3) is 5.91 Å². The lowest BCUT2D eigenvalue weighted by Crippen LogP contribution is -2.34. The van der Waals surface area contributed by atoms with Crippen LogP contribution in [-0.4, -0.2) is 45.0 Å². The van der Waals surface area contributed by atoms with Gasteiger partial charge in [-0.05, 0) is 62.7 Å². The molecule has 180 valence electrons. The summed E-state index contributed by atoms with van der Waals surface area (Å²) >= 11 is 6.11. The van der Waals surface area contributed by atoms with Crippen LogP contribution in [0.3, 0.4) is 0 Å². The molecule has 0 saturated carbocycles. The molecule has 3 heterocycles. The Labute approximate surface area is 207 Å². The first kappa shape index (κ1) is 22.9. The lowest BCUT2D eigenvalue weighted by atomic mass is 10.1. The highest BCUT2D eigenvalue weighted by molar-refractivity contribution is 6.30. The third-order valence-corrected chi connectivity index (χ3v) is 6.15. The second-order valence-electron chi connectivity index (χ2n) is 8.47. The fourth-order valence-corrected chi connectivity index (χ4v) is 4.22. The number of rotatable bonds is 7. The maximum Gasteiger partial charge on any atom is 0.276 e. The van der Waals surface area contributed by atoms with Gasteiger partial charge in [-0.25, -0.2) is 9.97 Å². The Kier molecular flexibility index (Phi) is 6.43. The van der Waals surface area contributed by atoms with Gasteiger partial charge in [-0.3, -0.25) is 10.1 Å². The lowest BCUT2D eigenvalue weighted by Gasteiger charge is -2.23. The number of halogens is 1. The first-order chi connectivity index (χ1) is 17.0. The van der Waals surface area contributed by atoms with E-state index in [2.05, 4.69) is 42.5 Å². The Morgan fingerprint density at radius 3 is 2.83 bits per heavy atom.